The van der Waals surface area contributed by atoms with Gasteiger partial charge < -0.3 is 9.72 Å². The molecule has 2 rings (SSSR count). The van der Waals surface area contributed by atoms with E-state index < -0.39 is 23.5 Å². The van der Waals surface area contributed by atoms with E-state index in [2.05, 4.69) is 9.72 Å². The average molecular weight is 279 g/mol. The topological polar surface area (TPSA) is 78.2 Å². The van der Waals surface area contributed by atoms with Crippen LogP contribution >= 0.6 is 0 Å². The summed E-state index contributed by atoms with van der Waals surface area (Å²) in [6, 6.07) is 1.15. The van der Waals surface area contributed by atoms with Crippen molar-refractivity contribution in [3.8, 4) is 0 Å². The fourth-order valence-electron chi connectivity index (χ4n) is 1.89. The molecule has 1 atom stereocenters. The van der Waals surface area contributed by atoms with Gasteiger partial charge in [-0.2, -0.15) is 13.2 Å². The van der Waals surface area contributed by atoms with E-state index in [0.29, 0.717) is 6.54 Å². The van der Waals surface area contributed by atoms with Gasteiger partial charge in [-0.15, -0.1) is 0 Å². The van der Waals surface area contributed by atoms with E-state index in [1.807, 2.05) is 4.98 Å². The Morgan fingerprint density at radius 3 is 2.74 bits per heavy atom. The quantitative estimate of drug-likeness (QED) is 0.787. The van der Waals surface area contributed by atoms with Crippen molar-refractivity contribution in [2.24, 2.45) is 0 Å². The normalized spacial score (nSPS) is 21.5. The molecule has 1 aromatic heterocycles. The number of halogens is 3. The molecule has 6 nitrogen and oxygen atoms in total. The highest BCUT2D eigenvalue weighted by molar-refractivity contribution is 4.99. The van der Waals surface area contributed by atoms with Crippen LogP contribution in [0.5, 0.6) is 0 Å². The van der Waals surface area contributed by atoms with Crippen LogP contribution in [-0.2, 0) is 11.3 Å². The number of ether oxygens (including phenoxy) is 1. The largest absolute Gasteiger partial charge is 0.415 e. The average Bonchev–Trinajstić information content (AvgIpc) is 2.26. The summed E-state index contributed by atoms with van der Waals surface area (Å²) in [5, 5.41) is 0. The number of H-pyrrole nitrogens is 2. The van der Waals surface area contributed by atoms with E-state index in [1.54, 1.807) is 0 Å². The zero-order valence-electron chi connectivity index (χ0n) is 9.79. The number of hydrogen-bond acceptors (Lipinski definition) is 4. The van der Waals surface area contributed by atoms with Crippen molar-refractivity contribution in [3.05, 3.63) is 32.6 Å². The molecule has 1 unspecified atom stereocenters. The Morgan fingerprint density at radius 2 is 2.11 bits per heavy atom. The number of alkyl halides is 3. The molecule has 0 spiro atoms. The highest BCUT2D eigenvalue weighted by Crippen LogP contribution is 2.25. The Labute approximate surface area is 105 Å². The zero-order chi connectivity index (χ0) is 14.0. The lowest BCUT2D eigenvalue weighted by molar-refractivity contribution is -0.237. The van der Waals surface area contributed by atoms with Crippen LogP contribution in [0.3, 0.4) is 0 Å². The molecule has 1 fully saturated rings. The van der Waals surface area contributed by atoms with E-state index in [4.69, 9.17) is 0 Å². The van der Waals surface area contributed by atoms with Gasteiger partial charge >= 0.3 is 11.9 Å². The van der Waals surface area contributed by atoms with Crippen molar-refractivity contribution in [1.82, 2.24) is 14.9 Å². The second-order valence-corrected chi connectivity index (χ2v) is 4.25. The first-order chi connectivity index (χ1) is 8.84. The lowest BCUT2D eigenvalue weighted by Gasteiger charge is -2.33. The van der Waals surface area contributed by atoms with Crippen molar-refractivity contribution in [3.63, 3.8) is 0 Å². The number of aromatic nitrogens is 2. The molecule has 0 aliphatic carbocycles. The maximum absolute atomic E-state index is 12.5. The van der Waals surface area contributed by atoms with Crippen molar-refractivity contribution in [1.29, 1.82) is 0 Å². The van der Waals surface area contributed by atoms with Crippen LogP contribution in [-0.4, -0.2) is 46.8 Å². The second kappa shape index (κ2) is 5.17. The molecule has 2 N–H and O–H groups in total. The maximum atomic E-state index is 12.5. The second-order valence-electron chi connectivity index (χ2n) is 4.25. The van der Waals surface area contributed by atoms with Crippen LogP contribution in [0.2, 0.25) is 0 Å². The van der Waals surface area contributed by atoms with Gasteiger partial charge in [-0.3, -0.25) is 14.7 Å². The van der Waals surface area contributed by atoms with E-state index >= 15 is 0 Å². The van der Waals surface area contributed by atoms with Gasteiger partial charge in [0.05, 0.1) is 6.61 Å². The van der Waals surface area contributed by atoms with Gasteiger partial charge in [0, 0.05) is 31.4 Å². The number of nitrogens with zero attached hydrogens (tertiary/aromatic N) is 1. The smallest absolute Gasteiger partial charge is 0.366 e. The maximum Gasteiger partial charge on any atom is 0.415 e. The standard InChI is InChI=1S/C10H12F3N3O3/c11-10(12,13)7-5-16(1-2-19-7)4-6-3-8(17)15-9(18)14-6/h3,7H,1-2,4-5H2,(H2,14,15,17,18). The van der Waals surface area contributed by atoms with Crippen LogP contribution in [0, 0.1) is 0 Å². The van der Waals surface area contributed by atoms with Crippen molar-refractivity contribution >= 4 is 0 Å². The molecule has 1 aliphatic rings. The molecule has 0 bridgehead atoms. The van der Waals surface area contributed by atoms with Gasteiger partial charge in [-0.1, -0.05) is 0 Å². The number of aromatic amines is 2. The van der Waals surface area contributed by atoms with Crippen molar-refractivity contribution < 1.29 is 17.9 Å². The van der Waals surface area contributed by atoms with Gasteiger partial charge in [0.15, 0.2) is 6.10 Å². The van der Waals surface area contributed by atoms with Gasteiger partial charge in [-0.05, 0) is 0 Å². The van der Waals surface area contributed by atoms with Gasteiger partial charge in [0.1, 0.15) is 0 Å². The van der Waals surface area contributed by atoms with Gasteiger partial charge in [0.25, 0.3) is 5.56 Å². The summed E-state index contributed by atoms with van der Waals surface area (Å²) in [6.07, 6.45) is -6.25. The summed E-state index contributed by atoms with van der Waals surface area (Å²) >= 11 is 0. The highest BCUT2D eigenvalue weighted by atomic mass is 19.4. The van der Waals surface area contributed by atoms with E-state index in [1.165, 1.54) is 4.90 Å². The minimum absolute atomic E-state index is 0.0440. The summed E-state index contributed by atoms with van der Waals surface area (Å²) in [5.74, 6) is 0. The van der Waals surface area contributed by atoms with Crippen LogP contribution in [0.25, 0.3) is 0 Å². The van der Waals surface area contributed by atoms with Crippen LogP contribution in [0.15, 0.2) is 15.7 Å². The van der Waals surface area contributed by atoms with Crippen molar-refractivity contribution in [2.45, 2.75) is 18.8 Å². The van der Waals surface area contributed by atoms with E-state index in [0.717, 1.165) is 6.07 Å². The third-order valence-corrected chi connectivity index (χ3v) is 2.73. The Balaban J connectivity index is 2.07. The van der Waals surface area contributed by atoms with Crippen molar-refractivity contribution in [2.75, 3.05) is 19.7 Å². The minimum Gasteiger partial charge on any atom is -0.366 e. The molecular weight excluding hydrogens is 267 g/mol. The molecule has 0 amide bonds. The predicted octanol–water partition coefficient (Wildman–Crippen LogP) is -0.174. The molecule has 0 aromatic carbocycles. The highest BCUT2D eigenvalue weighted by Gasteiger charge is 2.43. The first-order valence-electron chi connectivity index (χ1n) is 5.58. The summed E-state index contributed by atoms with van der Waals surface area (Å²) in [6.45, 7) is 0.00639. The summed E-state index contributed by atoms with van der Waals surface area (Å²) < 4.78 is 42.2. The van der Waals surface area contributed by atoms with Gasteiger partial charge in [0.2, 0.25) is 0 Å². The molecule has 1 aliphatic heterocycles. The number of hydrogen-bond donors (Lipinski definition) is 2. The lowest BCUT2D eigenvalue weighted by atomic mass is 10.2. The molecule has 2 heterocycles. The number of morpholine rings is 1. The summed E-state index contributed by atoms with van der Waals surface area (Å²) in [7, 11) is 0. The van der Waals surface area contributed by atoms with E-state index in [-0.39, 0.29) is 25.4 Å². The molecule has 0 radical (unpaired) electrons. The molecule has 1 saturated heterocycles. The molecule has 106 valence electrons. The Hall–Kier alpha value is -1.61. The van der Waals surface area contributed by atoms with Gasteiger partial charge in [-0.25, -0.2) is 4.79 Å². The monoisotopic (exact) mass is 279 g/mol. The van der Waals surface area contributed by atoms with Crippen LogP contribution in [0.4, 0.5) is 13.2 Å². The minimum atomic E-state index is -4.42. The zero-order valence-corrected chi connectivity index (χ0v) is 9.79. The first-order valence-corrected chi connectivity index (χ1v) is 5.58. The Morgan fingerprint density at radius 1 is 1.37 bits per heavy atom. The molecule has 9 heteroatoms. The number of nitrogens with one attached hydrogen (secondary N) is 2. The predicted molar refractivity (Wildman–Crippen MR) is 58.8 cm³/mol. The fraction of sp³-hybridized carbons (Fsp3) is 0.600. The third kappa shape index (κ3) is 3.67. The third-order valence-electron chi connectivity index (χ3n) is 2.73. The lowest BCUT2D eigenvalue weighted by Crippen LogP contribution is -2.49. The summed E-state index contributed by atoms with van der Waals surface area (Å²) in [4.78, 5) is 28.0. The molecule has 0 saturated carbocycles. The molecule has 1 aromatic rings. The first kappa shape index (κ1) is 13.8. The molecule has 19 heavy (non-hydrogen) atoms. The Kier molecular flexibility index (Phi) is 3.76. The molecular formula is C10H12F3N3O3. The summed E-state index contributed by atoms with van der Waals surface area (Å²) in [5.41, 5.74) is -0.987. The van der Waals surface area contributed by atoms with E-state index in [9.17, 15) is 22.8 Å². The Bertz CT molecular complexity index is 523. The van der Waals surface area contributed by atoms with Crippen LogP contribution in [0.1, 0.15) is 5.69 Å². The van der Waals surface area contributed by atoms with Crippen LogP contribution < -0.4 is 11.2 Å². The SMILES string of the molecule is O=c1cc(CN2CCOC(C(F)(F)F)C2)[nH]c(=O)[nH]1. The fourth-order valence-corrected chi connectivity index (χ4v) is 1.89. The number of rotatable bonds is 2.